The zero-order valence-corrected chi connectivity index (χ0v) is 19.5. The highest BCUT2D eigenvalue weighted by Crippen LogP contribution is 2.44. The SMILES string of the molecule is C[C@@H](C(=O)O)N(C)C(=O)C1(CNC(=O)OCC2c3ccccc3-c3ccccc32)CCOCC1. The number of hydrogen-bond donors (Lipinski definition) is 2. The van der Waals surface area contributed by atoms with Crippen LogP contribution in [0.25, 0.3) is 11.1 Å². The minimum Gasteiger partial charge on any atom is -0.480 e. The van der Waals surface area contributed by atoms with Crippen molar-refractivity contribution in [3.05, 3.63) is 59.7 Å². The summed E-state index contributed by atoms with van der Waals surface area (Å²) in [5.41, 5.74) is 3.61. The normalized spacial score (nSPS) is 17.2. The number of nitrogens with one attached hydrogen (secondary N) is 1. The maximum absolute atomic E-state index is 13.2. The van der Waals surface area contributed by atoms with Crippen molar-refractivity contribution in [3.63, 3.8) is 0 Å². The molecule has 2 N–H and O–H groups in total. The summed E-state index contributed by atoms with van der Waals surface area (Å²) < 4.78 is 11.0. The largest absolute Gasteiger partial charge is 0.480 e. The highest BCUT2D eigenvalue weighted by molar-refractivity contribution is 5.88. The molecule has 0 radical (unpaired) electrons. The van der Waals surface area contributed by atoms with E-state index in [0.29, 0.717) is 26.1 Å². The fraction of sp³-hybridized carbons (Fsp3) is 0.423. The summed E-state index contributed by atoms with van der Waals surface area (Å²) in [5.74, 6) is -1.45. The molecule has 8 heteroatoms. The number of nitrogens with zero attached hydrogens (tertiary/aromatic N) is 1. The van der Waals surface area contributed by atoms with E-state index in [9.17, 15) is 19.5 Å². The van der Waals surface area contributed by atoms with Crippen molar-refractivity contribution in [2.75, 3.05) is 33.4 Å². The molecule has 2 aliphatic rings. The molecule has 0 unspecified atom stereocenters. The van der Waals surface area contributed by atoms with E-state index < -0.39 is 23.5 Å². The van der Waals surface area contributed by atoms with Crippen LogP contribution in [-0.4, -0.2) is 67.4 Å². The molecule has 0 saturated carbocycles. The van der Waals surface area contributed by atoms with Crippen LogP contribution < -0.4 is 5.32 Å². The average molecular weight is 467 g/mol. The Balaban J connectivity index is 1.41. The Kier molecular flexibility index (Phi) is 6.88. The maximum atomic E-state index is 13.2. The number of rotatable bonds is 7. The van der Waals surface area contributed by atoms with Gasteiger partial charge in [-0.25, -0.2) is 9.59 Å². The Labute approximate surface area is 198 Å². The first kappa shape index (κ1) is 23.8. The third kappa shape index (κ3) is 4.50. The summed E-state index contributed by atoms with van der Waals surface area (Å²) in [6.07, 6.45) is 0.188. The molecule has 1 saturated heterocycles. The van der Waals surface area contributed by atoms with Gasteiger partial charge in [-0.3, -0.25) is 4.79 Å². The molecule has 34 heavy (non-hydrogen) atoms. The monoisotopic (exact) mass is 466 g/mol. The average Bonchev–Trinajstić information content (AvgIpc) is 3.19. The predicted octanol–water partition coefficient (Wildman–Crippen LogP) is 3.25. The van der Waals surface area contributed by atoms with Crippen molar-refractivity contribution in [1.29, 1.82) is 0 Å². The number of carbonyl (C=O) groups is 3. The van der Waals surface area contributed by atoms with E-state index in [1.54, 1.807) is 0 Å². The number of alkyl carbamates (subject to hydrolysis) is 1. The fourth-order valence-corrected chi connectivity index (χ4v) is 4.83. The van der Waals surface area contributed by atoms with Gasteiger partial charge in [0.25, 0.3) is 0 Å². The zero-order chi connectivity index (χ0) is 24.3. The van der Waals surface area contributed by atoms with Gasteiger partial charge >= 0.3 is 12.1 Å². The Morgan fingerprint density at radius 3 is 2.21 bits per heavy atom. The van der Waals surface area contributed by atoms with Crippen molar-refractivity contribution in [2.24, 2.45) is 5.41 Å². The van der Waals surface area contributed by atoms with Crippen LogP contribution >= 0.6 is 0 Å². The van der Waals surface area contributed by atoms with Crippen LogP contribution in [0, 0.1) is 5.41 Å². The highest BCUT2D eigenvalue weighted by atomic mass is 16.5. The third-order valence-corrected chi connectivity index (χ3v) is 7.08. The molecule has 2 aromatic rings. The first-order chi connectivity index (χ1) is 16.3. The molecular weight excluding hydrogens is 436 g/mol. The van der Waals surface area contributed by atoms with E-state index in [-0.39, 0.29) is 25.0 Å². The number of fused-ring (bicyclic) bond motifs is 3. The van der Waals surface area contributed by atoms with E-state index in [0.717, 1.165) is 22.3 Å². The first-order valence-electron chi connectivity index (χ1n) is 11.5. The Morgan fingerprint density at radius 1 is 1.09 bits per heavy atom. The fourth-order valence-electron chi connectivity index (χ4n) is 4.83. The summed E-state index contributed by atoms with van der Waals surface area (Å²) >= 11 is 0. The number of hydrogen-bond acceptors (Lipinski definition) is 5. The third-order valence-electron chi connectivity index (χ3n) is 7.08. The van der Waals surface area contributed by atoms with Gasteiger partial charge in [-0.15, -0.1) is 0 Å². The lowest BCUT2D eigenvalue weighted by Gasteiger charge is -2.39. The van der Waals surface area contributed by atoms with Gasteiger partial charge in [0, 0.05) is 32.7 Å². The van der Waals surface area contributed by atoms with Gasteiger partial charge in [0.1, 0.15) is 12.6 Å². The number of likely N-dealkylation sites (N-methyl/N-ethyl adjacent to an activating group) is 1. The van der Waals surface area contributed by atoms with E-state index in [1.165, 1.54) is 18.9 Å². The number of carboxylic acid groups (broad SMARTS) is 1. The zero-order valence-electron chi connectivity index (χ0n) is 19.5. The lowest BCUT2D eigenvalue weighted by Crippen LogP contribution is -2.54. The summed E-state index contributed by atoms with van der Waals surface area (Å²) in [6.45, 7) is 2.44. The van der Waals surface area contributed by atoms with Crippen LogP contribution in [0.1, 0.15) is 36.8 Å². The van der Waals surface area contributed by atoms with Gasteiger partial charge in [-0.05, 0) is 42.0 Å². The van der Waals surface area contributed by atoms with Crippen LogP contribution in [0.3, 0.4) is 0 Å². The summed E-state index contributed by atoms with van der Waals surface area (Å²) in [7, 11) is 1.48. The molecule has 180 valence electrons. The molecule has 1 aliphatic heterocycles. The number of carbonyl (C=O) groups excluding carboxylic acids is 2. The van der Waals surface area contributed by atoms with Crippen LogP contribution in [-0.2, 0) is 19.1 Å². The Morgan fingerprint density at radius 2 is 1.65 bits per heavy atom. The van der Waals surface area contributed by atoms with E-state index in [1.807, 2.05) is 24.3 Å². The second kappa shape index (κ2) is 9.85. The quantitative estimate of drug-likeness (QED) is 0.649. The molecule has 4 rings (SSSR count). The molecule has 8 nitrogen and oxygen atoms in total. The molecule has 1 aliphatic carbocycles. The van der Waals surface area contributed by atoms with Gasteiger partial charge in [0.2, 0.25) is 5.91 Å². The maximum Gasteiger partial charge on any atom is 0.407 e. The van der Waals surface area contributed by atoms with Crippen molar-refractivity contribution in [2.45, 2.75) is 31.7 Å². The Bertz CT molecular complexity index is 1030. The topological polar surface area (TPSA) is 105 Å². The van der Waals surface area contributed by atoms with Gasteiger partial charge in [-0.1, -0.05) is 48.5 Å². The molecule has 1 heterocycles. The van der Waals surface area contributed by atoms with Gasteiger partial charge in [-0.2, -0.15) is 0 Å². The molecule has 2 aromatic carbocycles. The first-order valence-corrected chi connectivity index (χ1v) is 11.5. The minimum atomic E-state index is -1.08. The summed E-state index contributed by atoms with van der Waals surface area (Å²) in [6, 6.07) is 15.2. The lowest BCUT2D eigenvalue weighted by atomic mass is 9.78. The standard InChI is InChI=1S/C26H30N2O6/c1-17(23(29)30)28(2)24(31)26(11-13-33-14-12-26)16-27-25(32)34-15-22-20-9-5-3-7-18(20)19-8-4-6-10-21(19)22/h3-10,17,22H,11-16H2,1-2H3,(H,27,32)(H,29,30)/t17-/m0/s1. The van der Waals surface area contributed by atoms with Crippen molar-refractivity contribution < 1.29 is 29.0 Å². The molecule has 1 fully saturated rings. The second-order valence-electron chi connectivity index (χ2n) is 9.00. The number of carboxylic acids is 1. The number of amides is 2. The molecular formula is C26H30N2O6. The van der Waals surface area contributed by atoms with Crippen LogP contribution in [0.2, 0.25) is 0 Å². The van der Waals surface area contributed by atoms with Crippen LogP contribution in [0.15, 0.2) is 48.5 Å². The highest BCUT2D eigenvalue weighted by Gasteiger charge is 2.44. The molecule has 1 atom stereocenters. The number of benzene rings is 2. The minimum absolute atomic E-state index is 0.0561. The van der Waals surface area contributed by atoms with Gasteiger partial charge in [0.15, 0.2) is 0 Å². The summed E-state index contributed by atoms with van der Waals surface area (Å²) in [4.78, 5) is 38.5. The van der Waals surface area contributed by atoms with Crippen molar-refractivity contribution >= 4 is 18.0 Å². The molecule has 0 aromatic heterocycles. The van der Waals surface area contributed by atoms with Crippen molar-refractivity contribution in [1.82, 2.24) is 10.2 Å². The molecule has 0 spiro atoms. The summed E-state index contributed by atoms with van der Waals surface area (Å²) in [5, 5.41) is 12.1. The number of aliphatic carboxylic acids is 1. The predicted molar refractivity (Wildman–Crippen MR) is 125 cm³/mol. The van der Waals surface area contributed by atoms with Crippen LogP contribution in [0.4, 0.5) is 4.79 Å². The van der Waals surface area contributed by atoms with Gasteiger partial charge in [0.05, 0.1) is 5.41 Å². The lowest BCUT2D eigenvalue weighted by molar-refractivity contribution is -0.156. The second-order valence-corrected chi connectivity index (χ2v) is 9.00. The van der Waals surface area contributed by atoms with E-state index in [4.69, 9.17) is 9.47 Å². The van der Waals surface area contributed by atoms with Gasteiger partial charge < -0.3 is 24.8 Å². The smallest absolute Gasteiger partial charge is 0.407 e. The van der Waals surface area contributed by atoms with Crippen LogP contribution in [0.5, 0.6) is 0 Å². The number of ether oxygens (including phenoxy) is 2. The Hall–Kier alpha value is -3.39. The van der Waals surface area contributed by atoms with E-state index in [2.05, 4.69) is 29.6 Å². The molecule has 2 amide bonds. The van der Waals surface area contributed by atoms with Crippen molar-refractivity contribution in [3.8, 4) is 11.1 Å². The molecule has 0 bridgehead atoms. The van der Waals surface area contributed by atoms with E-state index >= 15 is 0 Å².